The molecule has 2 heteroatoms. The van der Waals surface area contributed by atoms with E-state index in [1.54, 1.807) is 0 Å². The molecule has 2 heterocycles. The fourth-order valence-electron chi connectivity index (χ4n) is 2.85. The summed E-state index contributed by atoms with van der Waals surface area (Å²) >= 11 is 0. The molecule has 0 radical (unpaired) electrons. The average molecular weight is 285 g/mol. The molecule has 0 saturated carbocycles. The van der Waals surface area contributed by atoms with Crippen molar-refractivity contribution >= 4 is 10.9 Å². The number of ether oxygens (including phenoxy) is 1. The minimum Gasteiger partial charge on any atom is -0.477 e. The van der Waals surface area contributed by atoms with E-state index in [4.69, 9.17) is 4.74 Å². The van der Waals surface area contributed by atoms with Gasteiger partial charge in [-0.1, -0.05) is 33.3 Å². The molecule has 2 aromatic rings. The molecule has 0 saturated heterocycles. The maximum Gasteiger partial charge on any atom is 0.217 e. The Labute approximate surface area is 128 Å². The van der Waals surface area contributed by atoms with E-state index >= 15 is 0 Å². The molecule has 1 aromatic heterocycles. The number of benzene rings is 1. The van der Waals surface area contributed by atoms with Gasteiger partial charge in [-0.3, -0.25) is 0 Å². The molecule has 21 heavy (non-hydrogen) atoms. The van der Waals surface area contributed by atoms with Gasteiger partial charge < -0.3 is 4.74 Å². The molecule has 0 amide bonds. The number of nitrogens with zero attached hydrogens (tertiary/aromatic N) is 1. The molecule has 3 rings (SSSR count). The van der Waals surface area contributed by atoms with Crippen molar-refractivity contribution in [2.45, 2.75) is 59.8 Å². The lowest BCUT2D eigenvalue weighted by Crippen LogP contribution is -2.11. The van der Waals surface area contributed by atoms with Gasteiger partial charge in [0.05, 0.1) is 12.1 Å². The van der Waals surface area contributed by atoms with E-state index in [-0.39, 0.29) is 0 Å². The third kappa shape index (κ3) is 3.37. The van der Waals surface area contributed by atoms with Crippen molar-refractivity contribution in [1.82, 2.24) is 4.98 Å². The van der Waals surface area contributed by atoms with E-state index in [0.29, 0.717) is 0 Å². The van der Waals surface area contributed by atoms with Crippen LogP contribution in [0.1, 0.15) is 56.7 Å². The van der Waals surface area contributed by atoms with Crippen LogP contribution in [0.5, 0.6) is 5.88 Å². The number of pyridine rings is 1. The van der Waals surface area contributed by atoms with Gasteiger partial charge in [-0.15, -0.1) is 0 Å². The summed E-state index contributed by atoms with van der Waals surface area (Å²) in [5.41, 5.74) is 5.17. The van der Waals surface area contributed by atoms with E-state index < -0.39 is 0 Å². The van der Waals surface area contributed by atoms with Crippen molar-refractivity contribution in [3.8, 4) is 5.88 Å². The maximum absolute atomic E-state index is 5.70. The number of aryl methyl sites for hydroxylation is 2. The van der Waals surface area contributed by atoms with Crippen LogP contribution in [0.2, 0.25) is 0 Å². The summed E-state index contributed by atoms with van der Waals surface area (Å²) in [7, 11) is 0. The van der Waals surface area contributed by atoms with Crippen molar-refractivity contribution in [1.29, 1.82) is 0 Å². The quantitative estimate of drug-likeness (QED) is 0.769. The highest BCUT2D eigenvalue weighted by molar-refractivity contribution is 5.84. The zero-order valence-electron chi connectivity index (χ0n) is 13.8. The summed E-state index contributed by atoms with van der Waals surface area (Å²) in [6.07, 6.45) is 5.87. The van der Waals surface area contributed by atoms with E-state index in [0.717, 1.165) is 30.8 Å². The van der Waals surface area contributed by atoms with Gasteiger partial charge in [0.1, 0.15) is 0 Å². The van der Waals surface area contributed by atoms with E-state index in [2.05, 4.69) is 37.0 Å². The number of unbranched alkanes of at least 4 members (excludes halogenated alkanes) is 1. The number of hydrogen-bond donors (Lipinski definition) is 0. The second-order valence-electron chi connectivity index (χ2n) is 5.43. The topological polar surface area (TPSA) is 22.1 Å². The highest BCUT2D eigenvalue weighted by Crippen LogP contribution is 2.31. The van der Waals surface area contributed by atoms with Crippen LogP contribution in [0.15, 0.2) is 18.2 Å². The molecular formula is C19H27NO. The molecular weight excluding hydrogens is 258 g/mol. The van der Waals surface area contributed by atoms with E-state index in [9.17, 15) is 0 Å². The minimum absolute atomic E-state index is 0.805. The number of fused-ring (bicyclic) bond motifs is 2. The Kier molecular flexibility index (Phi) is 5.60. The second-order valence-corrected chi connectivity index (χ2v) is 5.43. The Morgan fingerprint density at radius 2 is 2.05 bits per heavy atom. The van der Waals surface area contributed by atoms with Crippen molar-refractivity contribution in [2.75, 3.05) is 6.61 Å². The van der Waals surface area contributed by atoms with E-state index in [1.165, 1.54) is 41.3 Å². The zero-order valence-corrected chi connectivity index (χ0v) is 13.8. The van der Waals surface area contributed by atoms with Crippen LogP contribution in [0, 0.1) is 6.92 Å². The first-order valence-electron chi connectivity index (χ1n) is 8.34. The number of rotatable bonds is 3. The van der Waals surface area contributed by atoms with Gasteiger partial charge in [-0.05, 0) is 55.9 Å². The van der Waals surface area contributed by atoms with Gasteiger partial charge in [0, 0.05) is 10.9 Å². The predicted octanol–water partition coefficient (Wildman–Crippen LogP) is 5.24. The molecule has 0 bridgehead atoms. The summed E-state index contributed by atoms with van der Waals surface area (Å²) in [6.45, 7) is 9.25. The Morgan fingerprint density at radius 3 is 2.81 bits per heavy atom. The summed E-state index contributed by atoms with van der Waals surface area (Å²) < 4.78 is 5.70. The summed E-state index contributed by atoms with van der Waals surface area (Å²) in [4.78, 5) is 4.68. The third-order valence-corrected chi connectivity index (χ3v) is 4.03. The molecule has 0 unspecified atom stereocenters. The first-order chi connectivity index (χ1) is 10.3. The second kappa shape index (κ2) is 7.44. The molecule has 2 nitrogen and oxygen atoms in total. The molecule has 0 fully saturated rings. The SMILES string of the molecule is CC.CCCCc1ccc2nc3c(c(C)c2c1)CCCO3. The Morgan fingerprint density at radius 1 is 1.24 bits per heavy atom. The van der Waals surface area contributed by atoms with Gasteiger partial charge in [-0.25, -0.2) is 4.98 Å². The van der Waals surface area contributed by atoms with E-state index in [1.807, 2.05) is 13.8 Å². The van der Waals surface area contributed by atoms with Gasteiger partial charge in [0.2, 0.25) is 5.88 Å². The van der Waals surface area contributed by atoms with Crippen molar-refractivity contribution in [3.05, 3.63) is 34.9 Å². The highest BCUT2D eigenvalue weighted by atomic mass is 16.5. The van der Waals surface area contributed by atoms with Gasteiger partial charge >= 0.3 is 0 Å². The summed E-state index contributed by atoms with van der Waals surface area (Å²) in [5, 5.41) is 1.30. The van der Waals surface area contributed by atoms with Gasteiger partial charge in [-0.2, -0.15) is 0 Å². The number of hydrogen-bond acceptors (Lipinski definition) is 2. The molecule has 0 atom stereocenters. The highest BCUT2D eigenvalue weighted by Gasteiger charge is 2.16. The normalized spacial score (nSPS) is 13.1. The first kappa shape index (κ1) is 15.8. The minimum atomic E-state index is 0.805. The van der Waals surface area contributed by atoms with Crippen molar-refractivity contribution < 1.29 is 4.74 Å². The Balaban J connectivity index is 0.000000774. The van der Waals surface area contributed by atoms with Crippen LogP contribution in [0.25, 0.3) is 10.9 Å². The van der Waals surface area contributed by atoms with Gasteiger partial charge in [0.25, 0.3) is 0 Å². The zero-order chi connectivity index (χ0) is 15.2. The predicted molar refractivity (Wildman–Crippen MR) is 90.3 cm³/mol. The van der Waals surface area contributed by atoms with Crippen LogP contribution < -0.4 is 4.74 Å². The molecule has 0 N–H and O–H groups in total. The molecule has 114 valence electrons. The lowest BCUT2D eigenvalue weighted by molar-refractivity contribution is 0.277. The fourth-order valence-corrected chi connectivity index (χ4v) is 2.85. The number of aromatic nitrogens is 1. The molecule has 0 aliphatic carbocycles. The van der Waals surface area contributed by atoms with Crippen LogP contribution in [0.3, 0.4) is 0 Å². The average Bonchev–Trinajstić information content (AvgIpc) is 2.55. The van der Waals surface area contributed by atoms with Crippen molar-refractivity contribution in [3.63, 3.8) is 0 Å². The first-order valence-corrected chi connectivity index (χ1v) is 8.34. The van der Waals surface area contributed by atoms with Crippen molar-refractivity contribution in [2.24, 2.45) is 0 Å². The molecule has 1 aliphatic rings. The fraction of sp³-hybridized carbons (Fsp3) is 0.526. The largest absolute Gasteiger partial charge is 0.477 e. The molecule has 0 spiro atoms. The lowest BCUT2D eigenvalue weighted by atomic mass is 9.97. The molecule has 1 aliphatic heterocycles. The lowest BCUT2D eigenvalue weighted by Gasteiger charge is -2.19. The van der Waals surface area contributed by atoms with Crippen LogP contribution in [-0.2, 0) is 12.8 Å². The molecule has 1 aromatic carbocycles. The standard InChI is InChI=1S/C17H21NO.C2H6/c1-3-4-6-13-8-9-16-15(11-13)12(2)14-7-5-10-19-17(14)18-16;1-2/h8-9,11H,3-7,10H2,1-2H3;1-2H3. The smallest absolute Gasteiger partial charge is 0.217 e. The summed E-state index contributed by atoms with van der Waals surface area (Å²) in [6, 6.07) is 6.67. The van der Waals surface area contributed by atoms with Crippen LogP contribution in [-0.4, -0.2) is 11.6 Å². The third-order valence-electron chi connectivity index (χ3n) is 4.03. The van der Waals surface area contributed by atoms with Crippen LogP contribution in [0.4, 0.5) is 0 Å². The maximum atomic E-state index is 5.70. The Bertz CT molecular complexity index is 604. The van der Waals surface area contributed by atoms with Crippen LogP contribution >= 0.6 is 0 Å². The monoisotopic (exact) mass is 285 g/mol. The van der Waals surface area contributed by atoms with Gasteiger partial charge in [0.15, 0.2) is 0 Å². The Hall–Kier alpha value is -1.57. The summed E-state index contributed by atoms with van der Waals surface area (Å²) in [5.74, 6) is 0.859.